The molecule has 2 heterocycles. The largest absolute Gasteiger partial charge is 0.367 e. The number of likely N-dealkylation sites (N-methyl/N-ethyl adjacent to an activating group) is 1. The van der Waals surface area contributed by atoms with Crippen molar-refractivity contribution >= 4 is 46.1 Å². The van der Waals surface area contributed by atoms with E-state index in [0.29, 0.717) is 30.0 Å². The van der Waals surface area contributed by atoms with E-state index in [0.717, 1.165) is 37.6 Å². The first-order chi connectivity index (χ1) is 13.5. The highest BCUT2D eigenvalue weighted by Gasteiger charge is 2.18. The number of nitrogens with one attached hydrogen (secondary N) is 2. The van der Waals surface area contributed by atoms with Crippen molar-refractivity contribution in [1.82, 2.24) is 10.2 Å². The fourth-order valence-electron chi connectivity index (χ4n) is 3.09. The third-order valence-corrected chi connectivity index (χ3v) is 5.64. The van der Waals surface area contributed by atoms with Gasteiger partial charge in [-0.2, -0.15) is 11.3 Å². The van der Waals surface area contributed by atoms with Crippen LogP contribution in [-0.4, -0.2) is 56.5 Å². The average Bonchev–Trinajstić information content (AvgIpc) is 3.21. The minimum absolute atomic E-state index is 0.0811. The Morgan fingerprint density at radius 1 is 1.18 bits per heavy atom. The first-order valence-electron chi connectivity index (χ1n) is 9.36. The molecule has 0 saturated carbocycles. The summed E-state index contributed by atoms with van der Waals surface area (Å²) in [6, 6.07) is 7.40. The zero-order chi connectivity index (χ0) is 19.9. The van der Waals surface area contributed by atoms with E-state index in [1.54, 1.807) is 17.5 Å². The van der Waals surface area contributed by atoms with Gasteiger partial charge >= 0.3 is 0 Å². The third kappa shape index (κ3) is 5.70. The van der Waals surface area contributed by atoms with E-state index >= 15 is 0 Å². The number of hydrogen-bond donors (Lipinski definition) is 2. The molecule has 0 unspecified atom stereocenters. The Morgan fingerprint density at radius 2 is 1.96 bits per heavy atom. The lowest BCUT2D eigenvalue weighted by Gasteiger charge is -2.35. The van der Waals surface area contributed by atoms with Gasteiger partial charge in [0.2, 0.25) is 5.91 Å². The molecule has 1 aliphatic rings. The fraction of sp³-hybridized carbons (Fsp3) is 0.400. The summed E-state index contributed by atoms with van der Waals surface area (Å²) in [5.74, 6) is -0.184. The molecule has 28 heavy (non-hydrogen) atoms. The van der Waals surface area contributed by atoms with Crippen molar-refractivity contribution < 1.29 is 9.59 Å². The smallest absolute Gasteiger partial charge is 0.252 e. The number of nitrogens with zero attached hydrogens (tertiary/aromatic N) is 2. The molecule has 1 aromatic heterocycles. The molecule has 3 rings (SSSR count). The second-order valence-corrected chi connectivity index (χ2v) is 8.09. The molecule has 1 aliphatic heterocycles. The minimum atomic E-state index is -0.103. The highest BCUT2D eigenvalue weighted by molar-refractivity contribution is 7.08. The summed E-state index contributed by atoms with van der Waals surface area (Å²) in [7, 11) is 2.11. The Hall–Kier alpha value is -2.09. The Bertz CT molecular complexity index is 805. The quantitative estimate of drug-likeness (QED) is 0.674. The minimum Gasteiger partial charge on any atom is -0.367 e. The summed E-state index contributed by atoms with van der Waals surface area (Å²) in [4.78, 5) is 28.8. The molecule has 0 aliphatic carbocycles. The molecule has 2 aromatic rings. The van der Waals surface area contributed by atoms with Crippen molar-refractivity contribution in [3.8, 4) is 0 Å². The van der Waals surface area contributed by atoms with E-state index in [1.807, 2.05) is 17.5 Å². The molecule has 0 bridgehead atoms. The van der Waals surface area contributed by atoms with Crippen molar-refractivity contribution in [3.63, 3.8) is 0 Å². The van der Waals surface area contributed by atoms with Gasteiger partial charge in [-0.05, 0) is 43.1 Å². The van der Waals surface area contributed by atoms with Crippen LogP contribution in [0.15, 0.2) is 35.0 Å². The number of amides is 2. The van der Waals surface area contributed by atoms with Crippen LogP contribution in [0.25, 0.3) is 0 Å². The number of carbonyl (C=O) groups excluding carboxylic acids is 2. The van der Waals surface area contributed by atoms with Crippen LogP contribution in [0.4, 0.5) is 11.4 Å². The highest BCUT2D eigenvalue weighted by Crippen LogP contribution is 2.30. The van der Waals surface area contributed by atoms with Crippen LogP contribution >= 0.6 is 22.9 Å². The maximum atomic E-state index is 12.4. The van der Waals surface area contributed by atoms with Gasteiger partial charge < -0.3 is 20.4 Å². The van der Waals surface area contributed by atoms with Crippen LogP contribution < -0.4 is 15.5 Å². The lowest BCUT2D eigenvalue weighted by atomic mass is 10.2. The van der Waals surface area contributed by atoms with E-state index in [-0.39, 0.29) is 11.8 Å². The van der Waals surface area contributed by atoms with E-state index < -0.39 is 0 Å². The SMILES string of the molecule is CN1CCN(c2ccc(Cl)cc2NC(=O)CCCNC(=O)c2ccsc2)CC1. The molecule has 2 N–H and O–H groups in total. The van der Waals surface area contributed by atoms with Crippen molar-refractivity contribution in [2.24, 2.45) is 0 Å². The first kappa shape index (κ1) is 20.6. The molecule has 8 heteroatoms. The lowest BCUT2D eigenvalue weighted by Crippen LogP contribution is -2.44. The van der Waals surface area contributed by atoms with Gasteiger partial charge in [0.15, 0.2) is 0 Å². The highest BCUT2D eigenvalue weighted by atomic mass is 35.5. The maximum absolute atomic E-state index is 12.4. The molecule has 0 radical (unpaired) electrons. The number of rotatable bonds is 7. The normalized spacial score (nSPS) is 14.7. The van der Waals surface area contributed by atoms with Gasteiger partial charge in [0.25, 0.3) is 5.91 Å². The predicted molar refractivity (Wildman–Crippen MR) is 116 cm³/mol. The van der Waals surface area contributed by atoms with E-state index in [1.165, 1.54) is 11.3 Å². The van der Waals surface area contributed by atoms with Crippen LogP contribution in [0.1, 0.15) is 23.2 Å². The van der Waals surface area contributed by atoms with Crippen LogP contribution in [0.5, 0.6) is 0 Å². The summed E-state index contributed by atoms with van der Waals surface area (Å²) < 4.78 is 0. The number of anilines is 2. The number of halogens is 1. The Labute approximate surface area is 174 Å². The molecule has 1 saturated heterocycles. The standard InChI is InChI=1S/C20H25ClN4O2S/c1-24-8-10-25(11-9-24)18-5-4-16(21)13-17(18)23-19(26)3-2-7-22-20(27)15-6-12-28-14-15/h4-6,12-14H,2-3,7-11H2,1H3,(H,22,27)(H,23,26). The molecule has 0 spiro atoms. The van der Waals surface area contributed by atoms with E-state index in [9.17, 15) is 9.59 Å². The van der Waals surface area contributed by atoms with Crippen LogP contribution in [0.3, 0.4) is 0 Å². The van der Waals surface area contributed by atoms with E-state index in [4.69, 9.17) is 11.6 Å². The van der Waals surface area contributed by atoms with Crippen LogP contribution in [-0.2, 0) is 4.79 Å². The lowest BCUT2D eigenvalue weighted by molar-refractivity contribution is -0.116. The van der Waals surface area contributed by atoms with Crippen molar-refractivity contribution in [3.05, 3.63) is 45.6 Å². The monoisotopic (exact) mass is 420 g/mol. The van der Waals surface area contributed by atoms with Gasteiger partial charge in [0.05, 0.1) is 11.4 Å². The molecule has 1 aromatic carbocycles. The molecular formula is C20H25ClN4O2S. The molecule has 0 atom stereocenters. The van der Waals surface area contributed by atoms with Gasteiger partial charge in [-0.1, -0.05) is 11.6 Å². The predicted octanol–water partition coefficient (Wildman–Crippen LogP) is 3.30. The number of carbonyl (C=O) groups is 2. The van der Waals surface area contributed by atoms with E-state index in [2.05, 4.69) is 27.5 Å². The Kier molecular flexibility index (Phi) is 7.30. The summed E-state index contributed by atoms with van der Waals surface area (Å²) in [6.07, 6.45) is 0.907. The van der Waals surface area contributed by atoms with Gasteiger partial charge in [-0.25, -0.2) is 0 Å². The number of thiophene rings is 1. The van der Waals surface area contributed by atoms with Crippen LogP contribution in [0, 0.1) is 0 Å². The zero-order valence-corrected chi connectivity index (χ0v) is 17.5. The van der Waals surface area contributed by atoms with Gasteiger partial charge in [-0.15, -0.1) is 0 Å². The van der Waals surface area contributed by atoms with Crippen LogP contribution in [0.2, 0.25) is 5.02 Å². The summed E-state index contributed by atoms with van der Waals surface area (Å²) >= 11 is 7.63. The number of benzene rings is 1. The average molecular weight is 421 g/mol. The molecule has 2 amide bonds. The molecule has 1 fully saturated rings. The van der Waals surface area contributed by atoms with Gasteiger partial charge in [0, 0.05) is 55.1 Å². The summed E-state index contributed by atoms with van der Waals surface area (Å²) in [5, 5.41) is 10.1. The summed E-state index contributed by atoms with van der Waals surface area (Å²) in [5.41, 5.74) is 2.39. The molecule has 6 nitrogen and oxygen atoms in total. The third-order valence-electron chi connectivity index (χ3n) is 4.73. The Morgan fingerprint density at radius 3 is 2.68 bits per heavy atom. The zero-order valence-electron chi connectivity index (χ0n) is 15.9. The fourth-order valence-corrected chi connectivity index (χ4v) is 3.90. The Balaban J connectivity index is 1.50. The molecular weight excluding hydrogens is 396 g/mol. The summed E-state index contributed by atoms with van der Waals surface area (Å²) in [6.45, 7) is 4.26. The van der Waals surface area contributed by atoms with Gasteiger partial charge in [0.1, 0.15) is 0 Å². The second-order valence-electron chi connectivity index (χ2n) is 6.87. The first-order valence-corrected chi connectivity index (χ1v) is 10.7. The number of piperazine rings is 1. The molecule has 150 valence electrons. The topological polar surface area (TPSA) is 64.7 Å². The second kappa shape index (κ2) is 9.91. The van der Waals surface area contributed by atoms with Crippen molar-refractivity contribution in [2.75, 3.05) is 50.0 Å². The maximum Gasteiger partial charge on any atom is 0.252 e. The van der Waals surface area contributed by atoms with Crippen molar-refractivity contribution in [1.29, 1.82) is 0 Å². The van der Waals surface area contributed by atoms with Crippen molar-refractivity contribution in [2.45, 2.75) is 12.8 Å². The van der Waals surface area contributed by atoms with Gasteiger partial charge in [-0.3, -0.25) is 9.59 Å². The number of hydrogen-bond acceptors (Lipinski definition) is 5.